The number of hydrogen-bond acceptors (Lipinski definition) is 5. The van der Waals surface area contributed by atoms with Crippen molar-refractivity contribution in [3.63, 3.8) is 0 Å². The van der Waals surface area contributed by atoms with Gasteiger partial charge < -0.3 is 19.2 Å². The maximum Gasteiger partial charge on any atom is 0.191 e. The Morgan fingerprint density at radius 1 is 0.944 bits per heavy atom. The first kappa shape index (κ1) is 24.1. The van der Waals surface area contributed by atoms with Crippen LogP contribution in [0.3, 0.4) is 0 Å². The first-order valence-electron chi connectivity index (χ1n) is 13.6. The average Bonchev–Trinajstić information content (AvgIpc) is 3.38. The highest BCUT2D eigenvalue weighted by Crippen LogP contribution is 2.46. The predicted molar refractivity (Wildman–Crippen MR) is 142 cm³/mol. The highest BCUT2D eigenvalue weighted by Gasteiger charge is 2.48. The minimum Gasteiger partial charge on any atom is -0.508 e. The van der Waals surface area contributed by atoms with E-state index in [0.717, 1.165) is 65.4 Å². The second kappa shape index (κ2) is 9.88. The molecule has 0 amide bonds. The van der Waals surface area contributed by atoms with Gasteiger partial charge >= 0.3 is 0 Å². The van der Waals surface area contributed by atoms with Gasteiger partial charge in [0, 0.05) is 23.8 Å². The lowest BCUT2D eigenvalue weighted by atomic mass is 9.71. The SMILES string of the molecule is Oc1cccc(S[C@H]2C[N+]3(Cc4cc([C@](O)(c5ccccc5)C5CCCCC5)no4)CCC2CC3)c1. The summed E-state index contributed by atoms with van der Waals surface area (Å²) in [6.45, 7) is 4.27. The Morgan fingerprint density at radius 2 is 1.72 bits per heavy atom. The smallest absolute Gasteiger partial charge is 0.191 e. The zero-order valence-corrected chi connectivity index (χ0v) is 21.7. The summed E-state index contributed by atoms with van der Waals surface area (Å²) in [4.78, 5) is 1.15. The van der Waals surface area contributed by atoms with E-state index in [1.807, 2.05) is 60.3 Å². The number of benzene rings is 2. The third-order valence-electron chi connectivity index (χ3n) is 9.00. The zero-order chi connectivity index (χ0) is 24.6. The van der Waals surface area contributed by atoms with E-state index >= 15 is 0 Å². The van der Waals surface area contributed by atoms with Crippen molar-refractivity contribution in [2.75, 3.05) is 19.6 Å². The van der Waals surface area contributed by atoms with Crippen LogP contribution in [0.5, 0.6) is 5.75 Å². The van der Waals surface area contributed by atoms with E-state index in [0.29, 0.717) is 16.7 Å². The maximum absolute atomic E-state index is 12.2. The van der Waals surface area contributed by atoms with Crippen molar-refractivity contribution < 1.29 is 19.2 Å². The number of phenols is 1. The van der Waals surface area contributed by atoms with Crippen LogP contribution in [0.25, 0.3) is 0 Å². The van der Waals surface area contributed by atoms with Crippen LogP contribution in [0, 0.1) is 11.8 Å². The molecule has 1 aromatic heterocycles. The lowest BCUT2D eigenvalue weighted by Gasteiger charge is -2.52. The molecular weight excluding hydrogens is 468 g/mol. The van der Waals surface area contributed by atoms with Gasteiger partial charge in [-0.1, -0.05) is 60.8 Å². The number of thioether (sulfide) groups is 1. The quantitative estimate of drug-likeness (QED) is 0.380. The Hall–Kier alpha value is -2.28. The van der Waals surface area contributed by atoms with E-state index in [4.69, 9.17) is 4.52 Å². The van der Waals surface area contributed by atoms with Crippen LogP contribution in [0.4, 0.5) is 0 Å². The summed E-state index contributed by atoms with van der Waals surface area (Å²) in [5.74, 6) is 2.12. The Labute approximate surface area is 218 Å². The highest BCUT2D eigenvalue weighted by atomic mass is 32.2. The fraction of sp³-hybridized carbons (Fsp3) is 0.500. The summed E-state index contributed by atoms with van der Waals surface area (Å²) in [6.07, 6.45) is 8.05. The Bertz CT molecular complexity index is 1170. The van der Waals surface area contributed by atoms with Gasteiger partial charge in [0.25, 0.3) is 0 Å². The lowest BCUT2D eigenvalue weighted by molar-refractivity contribution is -0.954. The molecule has 1 saturated carbocycles. The Balaban J connectivity index is 1.23. The van der Waals surface area contributed by atoms with Crippen molar-refractivity contribution in [2.24, 2.45) is 11.8 Å². The van der Waals surface area contributed by atoms with E-state index < -0.39 is 5.60 Å². The molecule has 190 valence electrons. The highest BCUT2D eigenvalue weighted by molar-refractivity contribution is 8.00. The fourth-order valence-electron chi connectivity index (χ4n) is 7.01. The molecule has 3 saturated heterocycles. The number of aliphatic hydroxyl groups is 1. The van der Waals surface area contributed by atoms with E-state index in [2.05, 4.69) is 11.2 Å². The largest absolute Gasteiger partial charge is 0.508 e. The first-order valence-corrected chi connectivity index (χ1v) is 14.5. The number of rotatable bonds is 7. The number of phenolic OH excluding ortho intramolecular Hbond substituents is 1. The van der Waals surface area contributed by atoms with Gasteiger partial charge in [0.05, 0.1) is 24.9 Å². The lowest BCUT2D eigenvalue weighted by Crippen LogP contribution is -2.62. The van der Waals surface area contributed by atoms with Gasteiger partial charge in [-0.25, -0.2) is 0 Å². The van der Waals surface area contributed by atoms with Gasteiger partial charge in [0.15, 0.2) is 5.76 Å². The molecule has 36 heavy (non-hydrogen) atoms. The number of piperidine rings is 3. The van der Waals surface area contributed by atoms with Crippen molar-refractivity contribution in [1.82, 2.24) is 5.16 Å². The molecule has 3 aliphatic heterocycles. The first-order chi connectivity index (χ1) is 17.5. The molecule has 7 rings (SSSR count). The van der Waals surface area contributed by atoms with Gasteiger partial charge in [-0.2, -0.15) is 0 Å². The standard InChI is InChI=1S/C30H36N2O3S/c33-25-12-7-13-27(18-25)36-28-21-32(16-14-22(28)15-17-32)20-26-19-29(31-35-26)30(34,23-8-3-1-4-9-23)24-10-5-2-6-11-24/h1,3-4,7-9,12-13,18-19,22,24,28,34H,2,5-6,10-11,14-17,20-21H2/p+1/t22?,28-,30-,32?/m0/s1. The van der Waals surface area contributed by atoms with Crippen LogP contribution in [-0.4, -0.2) is 44.7 Å². The van der Waals surface area contributed by atoms with Crippen molar-refractivity contribution in [1.29, 1.82) is 0 Å². The summed E-state index contributed by atoms with van der Waals surface area (Å²) in [7, 11) is 0. The van der Waals surface area contributed by atoms with Crippen molar-refractivity contribution in [2.45, 2.75) is 67.2 Å². The minimum atomic E-state index is -1.11. The normalized spacial score (nSPS) is 28.1. The topological polar surface area (TPSA) is 66.5 Å². The second-order valence-electron chi connectivity index (χ2n) is 11.3. The van der Waals surface area contributed by atoms with Crippen molar-refractivity contribution >= 4 is 11.8 Å². The third-order valence-corrected chi connectivity index (χ3v) is 10.4. The molecule has 4 fully saturated rings. The van der Waals surface area contributed by atoms with E-state index in [1.54, 1.807) is 6.07 Å². The molecule has 5 nitrogen and oxygen atoms in total. The zero-order valence-electron chi connectivity index (χ0n) is 20.9. The van der Waals surface area contributed by atoms with Crippen LogP contribution in [0.2, 0.25) is 0 Å². The third kappa shape index (κ3) is 4.59. The number of quaternary nitrogens is 1. The van der Waals surface area contributed by atoms with E-state index in [-0.39, 0.29) is 5.92 Å². The van der Waals surface area contributed by atoms with Gasteiger partial charge in [0.1, 0.15) is 23.6 Å². The van der Waals surface area contributed by atoms with Gasteiger partial charge in [-0.3, -0.25) is 0 Å². The van der Waals surface area contributed by atoms with E-state index in [9.17, 15) is 10.2 Å². The number of aromatic hydroxyl groups is 1. The summed E-state index contributed by atoms with van der Waals surface area (Å²) < 4.78 is 7.00. The van der Waals surface area contributed by atoms with Gasteiger partial charge in [-0.05, 0) is 48.4 Å². The molecule has 3 aromatic rings. The second-order valence-corrected chi connectivity index (χ2v) is 12.6. The van der Waals surface area contributed by atoms with Crippen LogP contribution in [0.15, 0.2) is 70.1 Å². The molecule has 4 heterocycles. The summed E-state index contributed by atoms with van der Waals surface area (Å²) in [6, 6.07) is 19.8. The molecule has 1 aliphatic carbocycles. The minimum absolute atomic E-state index is 0.160. The van der Waals surface area contributed by atoms with Gasteiger partial charge in [0.2, 0.25) is 0 Å². The molecule has 4 aliphatic rings. The molecule has 2 N–H and O–H groups in total. The number of aromatic nitrogens is 1. The number of fused-ring (bicyclic) bond motifs is 3. The van der Waals surface area contributed by atoms with Crippen LogP contribution >= 0.6 is 11.8 Å². The summed E-state index contributed by atoms with van der Waals surface area (Å²) in [5, 5.41) is 27.2. The Morgan fingerprint density at radius 3 is 2.47 bits per heavy atom. The molecule has 2 bridgehead atoms. The summed E-state index contributed by atoms with van der Waals surface area (Å²) in [5.41, 5.74) is 0.489. The van der Waals surface area contributed by atoms with E-state index in [1.165, 1.54) is 32.4 Å². The molecule has 6 heteroatoms. The predicted octanol–water partition coefficient (Wildman–Crippen LogP) is 6.10. The van der Waals surface area contributed by atoms with Crippen LogP contribution in [-0.2, 0) is 12.1 Å². The molecule has 0 unspecified atom stereocenters. The van der Waals surface area contributed by atoms with Gasteiger partial charge in [-0.15, -0.1) is 11.8 Å². The summed E-state index contributed by atoms with van der Waals surface area (Å²) >= 11 is 1.91. The monoisotopic (exact) mass is 505 g/mol. The molecule has 2 aromatic carbocycles. The fourth-order valence-corrected chi connectivity index (χ4v) is 8.56. The average molecular weight is 506 g/mol. The van der Waals surface area contributed by atoms with Crippen LogP contribution < -0.4 is 0 Å². The number of hydrogen-bond donors (Lipinski definition) is 2. The molecule has 0 radical (unpaired) electrons. The van der Waals surface area contributed by atoms with Crippen molar-refractivity contribution in [3.05, 3.63) is 77.7 Å². The number of nitrogens with zero attached hydrogens (tertiary/aromatic N) is 2. The Kier molecular flexibility index (Phi) is 6.61. The molecular formula is C30H37N2O3S+. The maximum atomic E-state index is 12.2. The molecule has 0 spiro atoms. The molecule has 2 atom stereocenters. The van der Waals surface area contributed by atoms with Crippen LogP contribution in [0.1, 0.15) is 62.0 Å². The van der Waals surface area contributed by atoms with Crippen molar-refractivity contribution in [3.8, 4) is 5.75 Å².